The number of aromatic nitrogens is 2. The van der Waals surface area contributed by atoms with Crippen LogP contribution in [0, 0.1) is 18.6 Å². The Morgan fingerprint density at radius 2 is 1.33 bits per heavy atom. The highest BCUT2D eigenvalue weighted by Gasteiger charge is 2.24. The first-order valence-electron chi connectivity index (χ1n) is 7.91. The van der Waals surface area contributed by atoms with E-state index in [1.165, 1.54) is 25.9 Å². The lowest BCUT2D eigenvalue weighted by atomic mass is 10.1. The molecule has 3 rings (SSSR count). The van der Waals surface area contributed by atoms with E-state index in [9.17, 15) is 8.78 Å². The van der Waals surface area contributed by atoms with Crippen LogP contribution in [-0.4, -0.2) is 30.9 Å². The van der Waals surface area contributed by atoms with Gasteiger partial charge in [-0.1, -0.05) is 0 Å². The molecule has 0 saturated carbocycles. The van der Waals surface area contributed by atoms with E-state index >= 15 is 0 Å². The minimum atomic E-state index is -0.789. The number of benzene rings is 2. The van der Waals surface area contributed by atoms with Crippen LogP contribution in [-0.2, 0) is 0 Å². The zero-order valence-corrected chi connectivity index (χ0v) is 15.9. The van der Waals surface area contributed by atoms with Gasteiger partial charge in [0.1, 0.15) is 28.9 Å². The molecule has 0 bridgehead atoms. The number of imidazole rings is 1. The van der Waals surface area contributed by atoms with Crippen LogP contribution in [0.2, 0.25) is 5.28 Å². The summed E-state index contributed by atoms with van der Waals surface area (Å²) in [6, 6.07) is 7.22. The maximum Gasteiger partial charge on any atom is 0.208 e. The fourth-order valence-corrected chi connectivity index (χ4v) is 3.15. The van der Waals surface area contributed by atoms with Crippen molar-refractivity contribution < 1.29 is 23.0 Å². The molecule has 8 heteroatoms. The third kappa shape index (κ3) is 3.42. The van der Waals surface area contributed by atoms with E-state index in [1.807, 2.05) is 0 Å². The summed E-state index contributed by atoms with van der Waals surface area (Å²) in [6.07, 6.45) is 0. The number of hydrogen-bond acceptors (Lipinski definition) is 4. The van der Waals surface area contributed by atoms with Crippen LogP contribution in [0.25, 0.3) is 16.9 Å². The van der Waals surface area contributed by atoms with Gasteiger partial charge in [0.15, 0.2) is 0 Å². The Morgan fingerprint density at radius 3 is 1.81 bits per heavy atom. The van der Waals surface area contributed by atoms with Crippen molar-refractivity contribution in [3.8, 4) is 34.2 Å². The second-order valence-corrected chi connectivity index (χ2v) is 6.03. The van der Waals surface area contributed by atoms with Crippen LogP contribution in [0.15, 0.2) is 30.3 Å². The Morgan fingerprint density at radius 1 is 0.852 bits per heavy atom. The summed E-state index contributed by atoms with van der Waals surface area (Å²) < 4.78 is 46.3. The third-order valence-corrected chi connectivity index (χ3v) is 4.35. The molecule has 5 nitrogen and oxygen atoms in total. The van der Waals surface area contributed by atoms with Gasteiger partial charge in [-0.25, -0.2) is 13.8 Å². The molecule has 0 fully saturated rings. The zero-order valence-electron chi connectivity index (χ0n) is 15.1. The summed E-state index contributed by atoms with van der Waals surface area (Å²) in [6.45, 7) is 1.62. The van der Waals surface area contributed by atoms with E-state index in [0.717, 1.165) is 12.1 Å². The smallest absolute Gasteiger partial charge is 0.208 e. The molecule has 0 unspecified atom stereocenters. The summed E-state index contributed by atoms with van der Waals surface area (Å²) in [5.41, 5.74) is 0.786. The van der Waals surface area contributed by atoms with Gasteiger partial charge in [0, 0.05) is 30.3 Å². The molecule has 27 heavy (non-hydrogen) atoms. The summed E-state index contributed by atoms with van der Waals surface area (Å²) in [5, 5.41) is 0.0485. The van der Waals surface area contributed by atoms with Gasteiger partial charge in [0.05, 0.1) is 44.0 Å². The van der Waals surface area contributed by atoms with E-state index in [2.05, 4.69) is 4.98 Å². The zero-order chi connectivity index (χ0) is 19.7. The first kappa shape index (κ1) is 19.0. The fraction of sp³-hybridized carbons (Fsp3) is 0.211. The van der Waals surface area contributed by atoms with Crippen molar-refractivity contribution >= 4 is 11.6 Å². The molecule has 0 N–H and O–H groups in total. The van der Waals surface area contributed by atoms with Gasteiger partial charge in [-0.05, 0) is 18.5 Å². The van der Waals surface area contributed by atoms with E-state index < -0.39 is 11.6 Å². The van der Waals surface area contributed by atoms with E-state index in [-0.39, 0.29) is 22.3 Å². The number of halogens is 3. The van der Waals surface area contributed by atoms with Gasteiger partial charge in [0.25, 0.3) is 0 Å². The molecule has 2 aromatic carbocycles. The van der Waals surface area contributed by atoms with Crippen LogP contribution in [0.4, 0.5) is 8.78 Å². The van der Waals surface area contributed by atoms with Gasteiger partial charge in [-0.3, -0.25) is 4.57 Å². The van der Waals surface area contributed by atoms with Gasteiger partial charge in [-0.2, -0.15) is 0 Å². The highest BCUT2D eigenvalue weighted by molar-refractivity contribution is 6.29. The summed E-state index contributed by atoms with van der Waals surface area (Å²) >= 11 is 6.29. The van der Waals surface area contributed by atoms with E-state index in [1.54, 1.807) is 25.1 Å². The van der Waals surface area contributed by atoms with Gasteiger partial charge >= 0.3 is 0 Å². The molecule has 0 radical (unpaired) electrons. The third-order valence-electron chi connectivity index (χ3n) is 4.09. The molecular weight excluding hydrogens is 378 g/mol. The summed E-state index contributed by atoms with van der Waals surface area (Å²) in [5.74, 6) is -0.515. The lowest BCUT2D eigenvalue weighted by Gasteiger charge is -2.15. The Labute approximate surface area is 160 Å². The topological polar surface area (TPSA) is 45.5 Å². The van der Waals surface area contributed by atoms with E-state index in [4.69, 9.17) is 25.8 Å². The largest absolute Gasteiger partial charge is 0.497 e. The molecule has 0 spiro atoms. The average molecular weight is 395 g/mol. The standard InChI is InChI=1S/C19H17ClF2N2O3/c1-10-18(17-15(21)8-14(27-4)9-16(17)22)24(19(20)23-10)11-5-12(25-2)7-13(6-11)26-3/h5-9H,1-4H3. The minimum Gasteiger partial charge on any atom is -0.497 e. The molecule has 1 heterocycles. The SMILES string of the molecule is COc1cc(OC)cc(-n2c(Cl)nc(C)c2-c2c(F)cc(OC)cc2F)c1. The predicted octanol–water partition coefficient (Wildman–Crippen LogP) is 4.81. The highest BCUT2D eigenvalue weighted by Crippen LogP contribution is 2.37. The number of aryl methyl sites for hydroxylation is 1. The van der Waals surface area contributed by atoms with E-state index in [0.29, 0.717) is 22.9 Å². The second-order valence-electron chi connectivity index (χ2n) is 5.69. The lowest BCUT2D eigenvalue weighted by molar-refractivity contribution is 0.394. The number of rotatable bonds is 5. The Hall–Kier alpha value is -2.80. The Balaban J connectivity index is 2.31. The van der Waals surface area contributed by atoms with Crippen LogP contribution in [0.3, 0.4) is 0 Å². The molecule has 0 amide bonds. The molecule has 0 aliphatic carbocycles. The number of methoxy groups -OCH3 is 3. The summed E-state index contributed by atoms with van der Waals surface area (Å²) in [7, 11) is 4.34. The monoisotopic (exact) mass is 394 g/mol. The fourth-order valence-electron chi connectivity index (χ4n) is 2.84. The molecule has 0 aliphatic heterocycles. The Kier molecular flexibility index (Phi) is 5.23. The van der Waals surface area contributed by atoms with Crippen LogP contribution >= 0.6 is 11.6 Å². The first-order chi connectivity index (χ1) is 12.9. The van der Waals surface area contributed by atoms with Crippen molar-refractivity contribution in [1.82, 2.24) is 9.55 Å². The normalized spacial score (nSPS) is 10.8. The average Bonchev–Trinajstić information content (AvgIpc) is 2.94. The molecule has 0 saturated heterocycles. The van der Waals surface area contributed by atoms with Crippen molar-refractivity contribution in [1.29, 1.82) is 0 Å². The molecule has 0 atom stereocenters. The summed E-state index contributed by atoms with van der Waals surface area (Å²) in [4.78, 5) is 4.18. The van der Waals surface area contributed by atoms with Crippen LogP contribution < -0.4 is 14.2 Å². The maximum atomic E-state index is 14.7. The second kappa shape index (κ2) is 7.44. The number of hydrogen-bond donors (Lipinski definition) is 0. The molecule has 0 aliphatic rings. The van der Waals surface area contributed by atoms with Crippen molar-refractivity contribution in [2.24, 2.45) is 0 Å². The van der Waals surface area contributed by atoms with Gasteiger partial charge in [-0.15, -0.1) is 0 Å². The minimum absolute atomic E-state index is 0.0485. The highest BCUT2D eigenvalue weighted by atomic mass is 35.5. The quantitative estimate of drug-likeness (QED) is 0.623. The molecule has 142 valence electrons. The van der Waals surface area contributed by atoms with Crippen LogP contribution in [0.5, 0.6) is 17.2 Å². The van der Waals surface area contributed by atoms with Gasteiger partial charge in [0.2, 0.25) is 5.28 Å². The maximum absolute atomic E-state index is 14.7. The molecular formula is C19H17ClF2N2O3. The van der Waals surface area contributed by atoms with Crippen molar-refractivity contribution in [3.05, 3.63) is 52.9 Å². The molecule has 1 aromatic heterocycles. The van der Waals surface area contributed by atoms with Gasteiger partial charge < -0.3 is 14.2 Å². The predicted molar refractivity (Wildman–Crippen MR) is 98.3 cm³/mol. The number of nitrogens with zero attached hydrogens (tertiary/aromatic N) is 2. The van der Waals surface area contributed by atoms with Crippen molar-refractivity contribution in [3.63, 3.8) is 0 Å². The lowest BCUT2D eigenvalue weighted by Crippen LogP contribution is -2.03. The molecule has 3 aromatic rings. The van der Waals surface area contributed by atoms with Crippen LogP contribution in [0.1, 0.15) is 5.69 Å². The first-order valence-corrected chi connectivity index (χ1v) is 8.29. The van der Waals surface area contributed by atoms with Crippen molar-refractivity contribution in [2.75, 3.05) is 21.3 Å². The van der Waals surface area contributed by atoms with Crippen molar-refractivity contribution in [2.45, 2.75) is 6.92 Å². The Bertz CT molecular complexity index is 960. The number of ether oxygens (including phenoxy) is 3.